The highest BCUT2D eigenvalue weighted by molar-refractivity contribution is 8.03. The summed E-state index contributed by atoms with van der Waals surface area (Å²) in [4.78, 5) is 2.11. The van der Waals surface area contributed by atoms with Crippen molar-refractivity contribution in [2.75, 3.05) is 24.2 Å². The number of nitriles is 1. The Morgan fingerprint density at radius 1 is 1.32 bits per heavy atom. The van der Waals surface area contributed by atoms with E-state index in [9.17, 15) is 0 Å². The monoisotopic (exact) mass is 315 g/mol. The van der Waals surface area contributed by atoms with Gasteiger partial charge in [0.1, 0.15) is 11.1 Å². The maximum absolute atomic E-state index is 8.53. The first kappa shape index (κ1) is 16.0. The number of aromatic nitrogens is 2. The molecule has 1 heterocycles. The van der Waals surface area contributed by atoms with Gasteiger partial charge in [0.15, 0.2) is 0 Å². The minimum Gasteiger partial charge on any atom is -0.374 e. The first-order valence-corrected chi connectivity index (χ1v) is 7.85. The van der Waals surface area contributed by atoms with Crippen LogP contribution in [0, 0.1) is 10.7 Å². The van der Waals surface area contributed by atoms with Crippen molar-refractivity contribution in [2.45, 2.75) is 0 Å². The van der Waals surface area contributed by atoms with Crippen LogP contribution in [0.15, 0.2) is 46.9 Å². The summed E-state index contributed by atoms with van der Waals surface area (Å²) < 4.78 is 3.83. The predicted molar refractivity (Wildman–Crippen MR) is 88.5 cm³/mol. The molecule has 7 heteroatoms. The molecule has 1 aromatic heterocycles. The van der Waals surface area contributed by atoms with Crippen molar-refractivity contribution in [3.63, 3.8) is 0 Å². The summed E-state index contributed by atoms with van der Waals surface area (Å²) >= 11 is 1.27. The van der Waals surface area contributed by atoms with Crippen molar-refractivity contribution >= 4 is 29.1 Å². The third kappa shape index (κ3) is 4.09. The van der Waals surface area contributed by atoms with Gasteiger partial charge in [-0.05, 0) is 36.0 Å². The van der Waals surface area contributed by atoms with E-state index in [-0.39, 0.29) is 0 Å². The van der Waals surface area contributed by atoms with Crippen LogP contribution >= 0.6 is 11.8 Å². The van der Waals surface area contributed by atoms with Gasteiger partial charge in [-0.15, -0.1) is 0 Å². The Morgan fingerprint density at radius 3 is 2.64 bits per heavy atom. The van der Waals surface area contributed by atoms with Crippen molar-refractivity contribution in [3.05, 3.63) is 36.7 Å². The number of thioether (sulfide) groups is 1. The van der Waals surface area contributed by atoms with Gasteiger partial charge in [0.2, 0.25) is 0 Å². The molecule has 0 aliphatic heterocycles. The number of imidazole rings is 1. The molecule has 6 nitrogen and oxygen atoms in total. The Bertz CT molecular complexity index is 664. The van der Waals surface area contributed by atoms with Crippen molar-refractivity contribution in [3.8, 4) is 5.40 Å². The number of anilines is 1. The number of benzene rings is 1. The normalized spacial score (nSPS) is 10.8. The van der Waals surface area contributed by atoms with Gasteiger partial charge in [0, 0.05) is 30.1 Å². The average Bonchev–Trinajstić information content (AvgIpc) is 2.84. The molecule has 2 aromatic rings. The molecular formula is C15H19N6S+. The van der Waals surface area contributed by atoms with E-state index in [1.54, 1.807) is 0 Å². The summed E-state index contributed by atoms with van der Waals surface area (Å²) in [6.07, 6.45) is 3.87. The van der Waals surface area contributed by atoms with Crippen LogP contribution in [0.25, 0.3) is 0 Å². The van der Waals surface area contributed by atoms with E-state index in [0.29, 0.717) is 0 Å². The molecule has 0 aliphatic carbocycles. The van der Waals surface area contributed by atoms with Crippen LogP contribution in [0.2, 0.25) is 0 Å². The fraction of sp³-hybridized carbons (Fsp3) is 0.333. The van der Waals surface area contributed by atoms with Gasteiger partial charge in [0.25, 0.3) is 0 Å². The van der Waals surface area contributed by atoms with Crippen molar-refractivity contribution in [1.29, 1.82) is 5.26 Å². The second-order valence-corrected chi connectivity index (χ2v) is 5.78. The number of rotatable bonds is 6. The van der Waals surface area contributed by atoms with E-state index < -0.39 is 0 Å². The zero-order chi connectivity index (χ0) is 15.9. The summed E-state index contributed by atoms with van der Waals surface area (Å²) in [5.74, 6) is 1.58. The molecular weight excluding hydrogens is 296 g/mol. The van der Waals surface area contributed by atoms with Gasteiger partial charge in [-0.3, -0.25) is 0 Å². The van der Waals surface area contributed by atoms with Crippen molar-refractivity contribution < 1.29 is 4.57 Å². The van der Waals surface area contributed by atoms with Crippen molar-refractivity contribution in [1.82, 2.24) is 4.57 Å². The molecule has 114 valence electrons. The summed E-state index contributed by atoms with van der Waals surface area (Å²) in [5.41, 5.74) is 1.91. The third-order valence-electron chi connectivity index (χ3n) is 3.28. The minimum atomic E-state index is 0.787. The third-order valence-corrected chi connectivity index (χ3v) is 3.80. The van der Waals surface area contributed by atoms with E-state index in [4.69, 9.17) is 5.26 Å². The van der Waals surface area contributed by atoms with Gasteiger partial charge in [0.05, 0.1) is 26.5 Å². The lowest BCUT2D eigenvalue weighted by Crippen LogP contribution is -2.25. The van der Waals surface area contributed by atoms with E-state index in [0.717, 1.165) is 29.6 Å². The SMILES string of the molecule is CN(CCSC#N)c1ccc(/N=N/c2n(C)cc[n+]2C)cc1. The lowest BCUT2D eigenvalue weighted by atomic mass is 10.2. The zero-order valence-electron chi connectivity index (χ0n) is 13.0. The quantitative estimate of drug-likeness (QED) is 0.356. The average molecular weight is 315 g/mol. The Morgan fingerprint density at radius 2 is 2.05 bits per heavy atom. The second kappa shape index (κ2) is 7.61. The highest BCUT2D eigenvalue weighted by atomic mass is 32.2. The number of hydrogen-bond donors (Lipinski definition) is 0. The molecule has 0 N–H and O–H groups in total. The van der Waals surface area contributed by atoms with E-state index in [2.05, 4.69) is 20.5 Å². The number of aryl methyl sites for hydroxylation is 2. The van der Waals surface area contributed by atoms with Gasteiger partial charge >= 0.3 is 5.95 Å². The first-order valence-electron chi connectivity index (χ1n) is 6.86. The van der Waals surface area contributed by atoms with Crippen molar-refractivity contribution in [2.24, 2.45) is 24.3 Å². The van der Waals surface area contributed by atoms with Crippen LogP contribution in [0.5, 0.6) is 0 Å². The number of azo groups is 1. The predicted octanol–water partition coefficient (Wildman–Crippen LogP) is 2.92. The molecule has 22 heavy (non-hydrogen) atoms. The van der Waals surface area contributed by atoms with Gasteiger partial charge < -0.3 is 4.90 Å². The van der Waals surface area contributed by atoms with E-state index >= 15 is 0 Å². The second-order valence-electron chi connectivity index (χ2n) is 4.90. The maximum Gasteiger partial charge on any atom is 0.421 e. The Labute approximate surface area is 134 Å². The smallest absolute Gasteiger partial charge is 0.374 e. The van der Waals surface area contributed by atoms with Crippen LogP contribution < -0.4 is 9.47 Å². The molecule has 0 unspecified atom stereocenters. The van der Waals surface area contributed by atoms with Gasteiger partial charge in [-0.2, -0.15) is 5.26 Å². The zero-order valence-corrected chi connectivity index (χ0v) is 13.8. The fourth-order valence-corrected chi connectivity index (χ4v) is 2.41. The van der Waals surface area contributed by atoms with Crippen LogP contribution in [0.1, 0.15) is 0 Å². The standard InChI is InChI=1S/C15H19N6S/c1-19(10-11-22-12-16)14-6-4-13(5-7-14)17-18-15-20(2)8-9-21(15)3/h4-9H,10-11H2,1-3H3/q+1. The topological polar surface area (TPSA) is 60.6 Å². The summed E-state index contributed by atoms with van der Waals surface area (Å²) in [5, 5.41) is 19.1. The molecule has 0 amide bonds. The van der Waals surface area contributed by atoms with Crippen LogP contribution in [0.4, 0.5) is 17.3 Å². The maximum atomic E-state index is 8.53. The lowest BCUT2D eigenvalue weighted by Gasteiger charge is -2.18. The Hall–Kier alpha value is -2.33. The van der Waals surface area contributed by atoms with Gasteiger partial charge in [-0.1, -0.05) is 5.11 Å². The molecule has 0 atom stereocenters. The number of thiocyanates is 1. The minimum absolute atomic E-state index is 0.787. The molecule has 0 saturated heterocycles. The number of nitrogens with zero attached hydrogens (tertiary/aromatic N) is 6. The van der Waals surface area contributed by atoms with E-state index in [1.807, 2.05) is 66.9 Å². The van der Waals surface area contributed by atoms with Crippen LogP contribution in [-0.2, 0) is 14.1 Å². The summed E-state index contributed by atoms with van der Waals surface area (Å²) in [7, 11) is 5.88. The molecule has 0 bridgehead atoms. The molecule has 0 saturated carbocycles. The molecule has 2 rings (SSSR count). The Kier molecular flexibility index (Phi) is 5.55. The number of hydrogen-bond acceptors (Lipinski definition) is 5. The molecule has 1 aromatic carbocycles. The summed E-state index contributed by atoms with van der Waals surface area (Å²) in [6.45, 7) is 0.832. The van der Waals surface area contributed by atoms with Crippen LogP contribution in [0.3, 0.4) is 0 Å². The molecule has 0 spiro atoms. The summed E-state index contributed by atoms with van der Waals surface area (Å²) in [6, 6.07) is 7.90. The van der Waals surface area contributed by atoms with Crippen LogP contribution in [-0.4, -0.2) is 23.9 Å². The largest absolute Gasteiger partial charge is 0.421 e. The Balaban J connectivity index is 2.02. The lowest BCUT2D eigenvalue weighted by molar-refractivity contribution is -0.657. The highest BCUT2D eigenvalue weighted by Gasteiger charge is 2.10. The van der Waals surface area contributed by atoms with E-state index in [1.165, 1.54) is 11.8 Å². The molecule has 0 radical (unpaired) electrons. The first-order chi connectivity index (χ1) is 10.6. The molecule has 0 aliphatic rings. The van der Waals surface area contributed by atoms with Gasteiger partial charge in [-0.25, -0.2) is 9.13 Å². The molecule has 0 fully saturated rings. The highest BCUT2D eigenvalue weighted by Crippen LogP contribution is 2.20. The fourth-order valence-electron chi connectivity index (χ4n) is 1.96.